The van der Waals surface area contributed by atoms with Gasteiger partial charge in [-0.3, -0.25) is 0 Å². The first-order valence-electron chi connectivity index (χ1n) is 6.95. The number of halogens is 1. The van der Waals surface area contributed by atoms with Crippen molar-refractivity contribution >= 4 is 11.6 Å². The van der Waals surface area contributed by atoms with E-state index >= 15 is 0 Å². The molecular formula is C15H25ClN2O2. The average molecular weight is 301 g/mol. The fourth-order valence-electron chi connectivity index (χ4n) is 2.41. The lowest BCUT2D eigenvalue weighted by molar-refractivity contribution is 0.124. The molecule has 4 N–H and O–H groups in total. The summed E-state index contributed by atoms with van der Waals surface area (Å²) in [5, 5.41) is 14.4. The van der Waals surface area contributed by atoms with E-state index in [2.05, 4.69) is 5.32 Å². The number of ether oxygens (including phenoxy) is 1. The summed E-state index contributed by atoms with van der Waals surface area (Å²) >= 11 is 6.25. The second kappa shape index (κ2) is 7.84. The van der Waals surface area contributed by atoms with Crippen LogP contribution >= 0.6 is 11.6 Å². The van der Waals surface area contributed by atoms with Crippen molar-refractivity contribution in [3.8, 4) is 5.75 Å². The molecule has 0 aromatic heterocycles. The Labute approximate surface area is 126 Å². The van der Waals surface area contributed by atoms with Crippen LogP contribution in [0.3, 0.4) is 0 Å². The van der Waals surface area contributed by atoms with Crippen molar-refractivity contribution in [2.45, 2.75) is 39.3 Å². The van der Waals surface area contributed by atoms with Gasteiger partial charge in [0.25, 0.3) is 0 Å². The Balaban J connectivity index is 3.32. The molecule has 2 unspecified atom stereocenters. The van der Waals surface area contributed by atoms with E-state index in [1.165, 1.54) is 0 Å². The van der Waals surface area contributed by atoms with Gasteiger partial charge in [0.05, 0.1) is 12.7 Å². The molecule has 1 aromatic rings. The summed E-state index contributed by atoms with van der Waals surface area (Å²) in [6.45, 7) is 6.81. The molecule has 2 atom stereocenters. The molecule has 0 aliphatic rings. The smallest absolute Gasteiger partial charge is 0.128 e. The minimum absolute atomic E-state index is 0.129. The number of benzene rings is 1. The number of aryl methyl sites for hydroxylation is 1. The summed E-state index contributed by atoms with van der Waals surface area (Å²) in [4.78, 5) is 0. The standard InChI is InChI=1S/C15H25ClN2O2/c1-5-20-15-9(2)8-11(16)10(3)13(15)14(19)12(18-4)6-7-17/h8,12,14,18-19H,5-7,17H2,1-4H3. The van der Waals surface area contributed by atoms with Crippen LogP contribution < -0.4 is 15.8 Å². The maximum atomic E-state index is 10.7. The van der Waals surface area contributed by atoms with Crippen LogP contribution in [-0.2, 0) is 0 Å². The van der Waals surface area contributed by atoms with Crippen LogP contribution in [0.1, 0.15) is 36.1 Å². The lowest BCUT2D eigenvalue weighted by Crippen LogP contribution is -2.34. The Morgan fingerprint density at radius 2 is 2.10 bits per heavy atom. The number of rotatable bonds is 7. The fourth-order valence-corrected chi connectivity index (χ4v) is 2.67. The highest BCUT2D eigenvalue weighted by molar-refractivity contribution is 6.31. The molecule has 1 aromatic carbocycles. The Kier molecular flexibility index (Phi) is 6.76. The van der Waals surface area contributed by atoms with Crippen molar-refractivity contribution in [1.29, 1.82) is 0 Å². The van der Waals surface area contributed by atoms with Gasteiger partial charge in [0, 0.05) is 16.6 Å². The van der Waals surface area contributed by atoms with Gasteiger partial charge in [-0.05, 0) is 58.0 Å². The van der Waals surface area contributed by atoms with E-state index in [0.717, 1.165) is 22.4 Å². The molecule has 0 fully saturated rings. The molecular weight excluding hydrogens is 276 g/mol. The largest absolute Gasteiger partial charge is 0.493 e. The van der Waals surface area contributed by atoms with Gasteiger partial charge in [-0.15, -0.1) is 0 Å². The van der Waals surface area contributed by atoms with E-state index in [4.69, 9.17) is 22.1 Å². The molecule has 1 rings (SSSR count). The summed E-state index contributed by atoms with van der Waals surface area (Å²) in [7, 11) is 1.82. The summed E-state index contributed by atoms with van der Waals surface area (Å²) < 4.78 is 5.72. The summed E-state index contributed by atoms with van der Waals surface area (Å²) in [6, 6.07) is 1.74. The molecule has 0 aliphatic heterocycles. The average Bonchev–Trinajstić information content (AvgIpc) is 2.42. The zero-order valence-corrected chi connectivity index (χ0v) is 13.4. The topological polar surface area (TPSA) is 67.5 Å². The van der Waals surface area contributed by atoms with Gasteiger partial charge in [-0.25, -0.2) is 0 Å². The highest BCUT2D eigenvalue weighted by Crippen LogP contribution is 2.38. The van der Waals surface area contributed by atoms with E-state index < -0.39 is 6.10 Å². The van der Waals surface area contributed by atoms with Crippen molar-refractivity contribution in [3.05, 3.63) is 27.8 Å². The number of likely N-dealkylation sites (N-methyl/N-ethyl adjacent to an activating group) is 1. The van der Waals surface area contributed by atoms with E-state index in [1.54, 1.807) is 0 Å². The Hall–Kier alpha value is -0.810. The molecule has 0 aliphatic carbocycles. The zero-order chi connectivity index (χ0) is 15.3. The molecule has 0 spiro atoms. The van der Waals surface area contributed by atoms with Gasteiger partial charge >= 0.3 is 0 Å². The van der Waals surface area contributed by atoms with Gasteiger partial charge in [-0.1, -0.05) is 11.6 Å². The molecule has 0 saturated carbocycles. The monoisotopic (exact) mass is 300 g/mol. The third-order valence-electron chi connectivity index (χ3n) is 3.52. The van der Waals surface area contributed by atoms with Crippen molar-refractivity contribution in [2.75, 3.05) is 20.2 Å². The van der Waals surface area contributed by atoms with E-state index in [9.17, 15) is 5.11 Å². The van der Waals surface area contributed by atoms with Crippen molar-refractivity contribution in [3.63, 3.8) is 0 Å². The first-order chi connectivity index (χ1) is 9.47. The Bertz CT molecular complexity index is 452. The Morgan fingerprint density at radius 1 is 1.45 bits per heavy atom. The molecule has 0 saturated heterocycles. The third kappa shape index (κ3) is 3.64. The normalized spacial score (nSPS) is 14.2. The SMILES string of the molecule is CCOc1c(C)cc(Cl)c(C)c1C(O)C(CCN)NC. The Morgan fingerprint density at radius 3 is 2.60 bits per heavy atom. The highest BCUT2D eigenvalue weighted by Gasteiger charge is 2.26. The number of aliphatic hydroxyl groups is 1. The number of hydrogen-bond acceptors (Lipinski definition) is 4. The molecule has 0 bridgehead atoms. The van der Waals surface area contributed by atoms with Crippen molar-refractivity contribution < 1.29 is 9.84 Å². The number of hydrogen-bond donors (Lipinski definition) is 3. The fraction of sp³-hybridized carbons (Fsp3) is 0.600. The number of nitrogens with one attached hydrogen (secondary N) is 1. The summed E-state index contributed by atoms with van der Waals surface area (Å²) in [5.41, 5.74) is 8.14. The minimum Gasteiger partial charge on any atom is -0.493 e. The van der Waals surface area contributed by atoms with Crippen LogP contribution in [0.15, 0.2) is 6.07 Å². The van der Waals surface area contributed by atoms with Crippen LogP contribution in [0.5, 0.6) is 5.75 Å². The molecule has 4 nitrogen and oxygen atoms in total. The van der Waals surface area contributed by atoms with Gasteiger partial charge in [-0.2, -0.15) is 0 Å². The van der Waals surface area contributed by atoms with E-state index in [-0.39, 0.29) is 6.04 Å². The molecule has 0 radical (unpaired) electrons. The van der Waals surface area contributed by atoms with Gasteiger partial charge in [0.15, 0.2) is 0 Å². The van der Waals surface area contributed by atoms with E-state index in [1.807, 2.05) is 33.9 Å². The second-order valence-corrected chi connectivity index (χ2v) is 5.30. The lowest BCUT2D eigenvalue weighted by Gasteiger charge is -2.27. The minimum atomic E-state index is -0.706. The second-order valence-electron chi connectivity index (χ2n) is 4.89. The van der Waals surface area contributed by atoms with Crippen LogP contribution in [0, 0.1) is 13.8 Å². The zero-order valence-electron chi connectivity index (χ0n) is 12.7. The summed E-state index contributed by atoms with van der Waals surface area (Å²) in [5.74, 6) is 0.721. The first kappa shape index (κ1) is 17.2. The van der Waals surface area contributed by atoms with Crippen LogP contribution in [0.2, 0.25) is 5.02 Å². The maximum Gasteiger partial charge on any atom is 0.128 e. The lowest BCUT2D eigenvalue weighted by atomic mass is 9.93. The predicted octanol–water partition coefficient (Wildman–Crippen LogP) is 2.33. The predicted molar refractivity (Wildman–Crippen MR) is 83.6 cm³/mol. The summed E-state index contributed by atoms with van der Waals surface area (Å²) in [6.07, 6.45) is -0.0312. The van der Waals surface area contributed by atoms with Gasteiger partial charge in [0.1, 0.15) is 5.75 Å². The van der Waals surface area contributed by atoms with Crippen molar-refractivity contribution in [2.24, 2.45) is 5.73 Å². The van der Waals surface area contributed by atoms with Gasteiger partial charge in [0.2, 0.25) is 0 Å². The molecule has 20 heavy (non-hydrogen) atoms. The highest BCUT2D eigenvalue weighted by atomic mass is 35.5. The van der Waals surface area contributed by atoms with Crippen LogP contribution in [0.25, 0.3) is 0 Å². The molecule has 114 valence electrons. The van der Waals surface area contributed by atoms with Crippen LogP contribution in [-0.4, -0.2) is 31.3 Å². The number of aliphatic hydroxyl groups excluding tert-OH is 1. The van der Waals surface area contributed by atoms with Crippen LogP contribution in [0.4, 0.5) is 0 Å². The van der Waals surface area contributed by atoms with Gasteiger partial charge < -0.3 is 20.9 Å². The molecule has 0 amide bonds. The molecule has 5 heteroatoms. The van der Waals surface area contributed by atoms with Crippen molar-refractivity contribution in [1.82, 2.24) is 5.32 Å². The number of nitrogens with two attached hydrogens (primary N) is 1. The first-order valence-corrected chi connectivity index (χ1v) is 7.33. The van der Waals surface area contributed by atoms with E-state index in [0.29, 0.717) is 24.6 Å². The quantitative estimate of drug-likeness (QED) is 0.723. The maximum absolute atomic E-state index is 10.7. The molecule has 0 heterocycles. The third-order valence-corrected chi connectivity index (χ3v) is 3.91.